The summed E-state index contributed by atoms with van der Waals surface area (Å²) in [6.45, 7) is 9.60. The molecular weight excluding hydrogens is 408 g/mol. The normalized spacial score (nSPS) is 14.6. The summed E-state index contributed by atoms with van der Waals surface area (Å²) < 4.78 is 0. The molecule has 1 aliphatic rings. The zero-order valence-electron chi connectivity index (χ0n) is 18.0. The monoisotopic (exact) mass is 436 g/mol. The van der Waals surface area contributed by atoms with Crippen LogP contribution in [0.1, 0.15) is 28.0 Å². The average molecular weight is 437 g/mol. The van der Waals surface area contributed by atoms with Crippen LogP contribution in [0, 0.1) is 13.8 Å². The van der Waals surface area contributed by atoms with Gasteiger partial charge < -0.3 is 10.2 Å². The predicted molar refractivity (Wildman–Crippen MR) is 125 cm³/mol. The van der Waals surface area contributed by atoms with Gasteiger partial charge in [0.2, 0.25) is 5.95 Å². The maximum Gasteiger partial charge on any atom is 0.270 e. The van der Waals surface area contributed by atoms with Crippen LogP contribution in [0.25, 0.3) is 10.6 Å². The Balaban J connectivity index is 1.19. The molecule has 31 heavy (non-hydrogen) atoms. The smallest absolute Gasteiger partial charge is 0.270 e. The standard InChI is InChI=1S/C23H28N6OS/c1-17-5-6-19(18(2)15-17)22-27-20(16-31-22)21(30)24-9-4-10-28-11-13-29(14-12-28)23-25-7-3-8-26-23/h3,5-8,15-16H,4,9-14H2,1-2H3,(H,24,30). The summed E-state index contributed by atoms with van der Waals surface area (Å²) in [6, 6.07) is 8.14. The number of aromatic nitrogens is 3. The highest BCUT2D eigenvalue weighted by Gasteiger charge is 2.18. The van der Waals surface area contributed by atoms with Gasteiger partial charge in [-0.05, 0) is 38.4 Å². The molecule has 1 N–H and O–H groups in total. The second kappa shape index (κ2) is 9.98. The first-order chi connectivity index (χ1) is 15.1. The maximum absolute atomic E-state index is 12.5. The van der Waals surface area contributed by atoms with Crippen molar-refractivity contribution in [1.29, 1.82) is 0 Å². The van der Waals surface area contributed by atoms with E-state index >= 15 is 0 Å². The maximum atomic E-state index is 12.5. The van der Waals surface area contributed by atoms with Crippen LogP contribution in [0.3, 0.4) is 0 Å². The van der Waals surface area contributed by atoms with Crippen LogP contribution in [0.2, 0.25) is 0 Å². The molecule has 162 valence electrons. The molecule has 0 atom stereocenters. The molecule has 1 fully saturated rings. The Labute approximate surface area is 187 Å². The Kier molecular flexibility index (Phi) is 6.89. The highest BCUT2D eigenvalue weighted by atomic mass is 32.1. The van der Waals surface area contributed by atoms with Crippen molar-refractivity contribution in [2.45, 2.75) is 20.3 Å². The number of thiazole rings is 1. The zero-order chi connectivity index (χ0) is 21.6. The fourth-order valence-corrected chi connectivity index (χ4v) is 4.67. The molecule has 1 aromatic carbocycles. The summed E-state index contributed by atoms with van der Waals surface area (Å²) in [6.07, 6.45) is 4.48. The van der Waals surface area contributed by atoms with E-state index in [-0.39, 0.29) is 5.91 Å². The molecule has 0 saturated carbocycles. The minimum atomic E-state index is -0.0988. The van der Waals surface area contributed by atoms with Crippen molar-refractivity contribution in [3.8, 4) is 10.6 Å². The van der Waals surface area contributed by atoms with Gasteiger partial charge in [0.15, 0.2) is 0 Å². The molecule has 0 aliphatic carbocycles. The molecule has 7 nitrogen and oxygen atoms in total. The Bertz CT molecular complexity index is 1010. The van der Waals surface area contributed by atoms with E-state index < -0.39 is 0 Å². The second-order valence-corrected chi connectivity index (χ2v) is 8.70. The number of aryl methyl sites for hydroxylation is 2. The molecule has 8 heteroatoms. The number of benzene rings is 1. The van der Waals surface area contributed by atoms with Gasteiger partial charge in [-0.25, -0.2) is 15.0 Å². The molecule has 1 amide bonds. The van der Waals surface area contributed by atoms with Crippen LogP contribution in [0.4, 0.5) is 5.95 Å². The third-order valence-corrected chi connectivity index (χ3v) is 6.37. The van der Waals surface area contributed by atoms with E-state index in [1.807, 2.05) is 11.4 Å². The predicted octanol–water partition coefficient (Wildman–Crippen LogP) is 3.16. The van der Waals surface area contributed by atoms with Gasteiger partial charge in [-0.1, -0.05) is 23.8 Å². The molecule has 3 heterocycles. The van der Waals surface area contributed by atoms with Crippen molar-refractivity contribution in [1.82, 2.24) is 25.2 Å². The lowest BCUT2D eigenvalue weighted by atomic mass is 10.1. The van der Waals surface area contributed by atoms with Crippen molar-refractivity contribution in [2.24, 2.45) is 0 Å². The summed E-state index contributed by atoms with van der Waals surface area (Å²) in [7, 11) is 0. The minimum Gasteiger partial charge on any atom is -0.351 e. The number of nitrogens with one attached hydrogen (secondary N) is 1. The van der Waals surface area contributed by atoms with Gasteiger partial charge in [0.05, 0.1) is 0 Å². The van der Waals surface area contributed by atoms with Crippen LogP contribution in [0.15, 0.2) is 42.0 Å². The first-order valence-corrected chi connectivity index (χ1v) is 11.5. The molecule has 4 rings (SSSR count). The molecule has 0 radical (unpaired) electrons. The van der Waals surface area contributed by atoms with E-state index in [0.29, 0.717) is 12.2 Å². The van der Waals surface area contributed by atoms with Gasteiger partial charge in [-0.3, -0.25) is 9.69 Å². The van der Waals surface area contributed by atoms with Crippen molar-refractivity contribution < 1.29 is 4.79 Å². The summed E-state index contributed by atoms with van der Waals surface area (Å²) in [5.74, 6) is 0.705. The molecule has 1 aliphatic heterocycles. The van der Waals surface area contributed by atoms with Gasteiger partial charge in [0, 0.05) is 56.1 Å². The third kappa shape index (κ3) is 5.45. The number of carbonyl (C=O) groups excluding carboxylic acids is 1. The summed E-state index contributed by atoms with van der Waals surface area (Å²) >= 11 is 1.52. The molecule has 0 spiro atoms. The SMILES string of the molecule is Cc1ccc(-c2nc(C(=O)NCCCN3CCN(c4ncccn4)CC3)cs2)c(C)c1. The number of piperazine rings is 1. The van der Waals surface area contributed by atoms with Crippen molar-refractivity contribution in [3.05, 3.63) is 58.9 Å². The van der Waals surface area contributed by atoms with Crippen molar-refractivity contribution in [3.63, 3.8) is 0 Å². The van der Waals surface area contributed by atoms with Crippen LogP contribution < -0.4 is 10.2 Å². The minimum absolute atomic E-state index is 0.0988. The quantitative estimate of drug-likeness (QED) is 0.574. The molecule has 3 aromatic rings. The van der Waals surface area contributed by atoms with Crippen molar-refractivity contribution >= 4 is 23.2 Å². The van der Waals surface area contributed by atoms with E-state index in [0.717, 1.165) is 55.7 Å². The number of amides is 1. The lowest BCUT2D eigenvalue weighted by Crippen LogP contribution is -2.47. The molecule has 1 saturated heterocycles. The Morgan fingerprint density at radius 1 is 1.13 bits per heavy atom. The molecule has 0 bridgehead atoms. The van der Waals surface area contributed by atoms with E-state index in [9.17, 15) is 4.79 Å². The van der Waals surface area contributed by atoms with Gasteiger partial charge in [0.1, 0.15) is 10.7 Å². The van der Waals surface area contributed by atoms with Crippen molar-refractivity contribution in [2.75, 3.05) is 44.2 Å². The first-order valence-electron chi connectivity index (χ1n) is 10.7. The van der Waals surface area contributed by atoms with E-state index in [1.165, 1.54) is 22.5 Å². The van der Waals surface area contributed by atoms with E-state index in [1.54, 1.807) is 12.4 Å². The van der Waals surface area contributed by atoms with Crippen LogP contribution in [-0.2, 0) is 0 Å². The zero-order valence-corrected chi connectivity index (χ0v) is 18.9. The molecular formula is C23H28N6OS. The highest BCUT2D eigenvalue weighted by Crippen LogP contribution is 2.27. The molecule has 2 aromatic heterocycles. The number of carbonyl (C=O) groups is 1. The van der Waals surface area contributed by atoms with E-state index in [2.05, 4.69) is 62.1 Å². The first kappa shape index (κ1) is 21.4. The van der Waals surface area contributed by atoms with Gasteiger partial charge in [0.25, 0.3) is 5.91 Å². The number of anilines is 1. The fraction of sp³-hybridized carbons (Fsp3) is 0.391. The summed E-state index contributed by atoms with van der Waals surface area (Å²) in [4.78, 5) is 30.3. The Morgan fingerprint density at radius 2 is 1.90 bits per heavy atom. The summed E-state index contributed by atoms with van der Waals surface area (Å²) in [5, 5.41) is 5.74. The van der Waals surface area contributed by atoms with Crippen LogP contribution in [0.5, 0.6) is 0 Å². The highest BCUT2D eigenvalue weighted by molar-refractivity contribution is 7.13. The second-order valence-electron chi connectivity index (χ2n) is 7.84. The fourth-order valence-electron chi connectivity index (χ4n) is 3.78. The Morgan fingerprint density at radius 3 is 2.65 bits per heavy atom. The number of nitrogens with zero attached hydrogens (tertiary/aromatic N) is 5. The third-order valence-electron chi connectivity index (χ3n) is 5.49. The van der Waals surface area contributed by atoms with Gasteiger partial charge >= 0.3 is 0 Å². The Hall–Kier alpha value is -2.84. The van der Waals surface area contributed by atoms with E-state index in [4.69, 9.17) is 0 Å². The number of hydrogen-bond donors (Lipinski definition) is 1. The van der Waals surface area contributed by atoms with Crippen LogP contribution in [-0.4, -0.2) is 65.0 Å². The van der Waals surface area contributed by atoms with Gasteiger partial charge in [-0.2, -0.15) is 0 Å². The lowest BCUT2D eigenvalue weighted by Gasteiger charge is -2.34. The largest absolute Gasteiger partial charge is 0.351 e. The average Bonchev–Trinajstić information content (AvgIpc) is 3.28. The van der Waals surface area contributed by atoms with Crippen LogP contribution >= 0.6 is 11.3 Å². The number of hydrogen-bond acceptors (Lipinski definition) is 7. The summed E-state index contributed by atoms with van der Waals surface area (Å²) in [5.41, 5.74) is 4.00. The molecule has 0 unspecified atom stereocenters. The van der Waals surface area contributed by atoms with Gasteiger partial charge in [-0.15, -0.1) is 11.3 Å². The lowest BCUT2D eigenvalue weighted by molar-refractivity contribution is 0.0947. The number of rotatable bonds is 7. The topological polar surface area (TPSA) is 74.2 Å².